The maximum atomic E-state index is 12.2. The lowest BCUT2D eigenvalue weighted by Gasteiger charge is -2.34. The third-order valence-corrected chi connectivity index (χ3v) is 4.15. The van der Waals surface area contributed by atoms with Crippen LogP contribution < -0.4 is 11.1 Å². The van der Waals surface area contributed by atoms with Gasteiger partial charge in [-0.2, -0.15) is 0 Å². The molecule has 1 saturated carbocycles. The highest BCUT2D eigenvalue weighted by atomic mass is 16.3. The number of aliphatic hydroxyl groups is 1. The van der Waals surface area contributed by atoms with Crippen LogP contribution in [0.3, 0.4) is 0 Å². The Balaban J connectivity index is 2.29. The molecule has 0 aromatic carbocycles. The summed E-state index contributed by atoms with van der Waals surface area (Å²) in [5.41, 5.74) is 5.51. The fourth-order valence-electron chi connectivity index (χ4n) is 2.68. The second-order valence-corrected chi connectivity index (χ2v) is 5.73. The van der Waals surface area contributed by atoms with Crippen LogP contribution in [0, 0.1) is 11.3 Å². The Morgan fingerprint density at radius 2 is 2.06 bits per heavy atom. The van der Waals surface area contributed by atoms with Gasteiger partial charge in [0, 0.05) is 19.7 Å². The van der Waals surface area contributed by atoms with Gasteiger partial charge in [-0.3, -0.25) is 4.79 Å². The van der Waals surface area contributed by atoms with Gasteiger partial charge in [0.2, 0.25) is 5.91 Å². The highest BCUT2D eigenvalue weighted by molar-refractivity contribution is 5.82. The molecule has 4 nitrogen and oxygen atoms in total. The summed E-state index contributed by atoms with van der Waals surface area (Å²) in [6.07, 6.45) is 7.20. The van der Waals surface area contributed by atoms with Gasteiger partial charge in [0.25, 0.3) is 0 Å². The quantitative estimate of drug-likeness (QED) is 0.603. The largest absolute Gasteiger partial charge is 0.396 e. The van der Waals surface area contributed by atoms with E-state index in [4.69, 9.17) is 10.8 Å². The normalized spacial score (nSPS) is 20.4. The predicted molar refractivity (Wildman–Crippen MR) is 73.1 cm³/mol. The number of carbonyl (C=O) groups excluding carboxylic acids is 1. The van der Waals surface area contributed by atoms with Crippen molar-refractivity contribution in [2.24, 2.45) is 17.1 Å². The molecule has 106 valence electrons. The Hall–Kier alpha value is -0.610. The van der Waals surface area contributed by atoms with Gasteiger partial charge in [0.1, 0.15) is 0 Å². The summed E-state index contributed by atoms with van der Waals surface area (Å²) >= 11 is 0. The summed E-state index contributed by atoms with van der Waals surface area (Å²) < 4.78 is 0. The van der Waals surface area contributed by atoms with Crippen LogP contribution in [0.1, 0.15) is 51.9 Å². The molecule has 1 unspecified atom stereocenters. The lowest BCUT2D eigenvalue weighted by atomic mass is 9.73. The molecule has 4 heteroatoms. The van der Waals surface area contributed by atoms with Crippen molar-refractivity contribution in [1.29, 1.82) is 0 Å². The minimum absolute atomic E-state index is 0.140. The van der Waals surface area contributed by atoms with E-state index >= 15 is 0 Å². The second kappa shape index (κ2) is 7.74. The monoisotopic (exact) mass is 256 g/mol. The van der Waals surface area contributed by atoms with Gasteiger partial charge in [0.05, 0.1) is 5.41 Å². The van der Waals surface area contributed by atoms with Crippen LogP contribution in [0.2, 0.25) is 0 Å². The van der Waals surface area contributed by atoms with Crippen LogP contribution in [0.25, 0.3) is 0 Å². The molecular formula is C14H28N2O2. The fourth-order valence-corrected chi connectivity index (χ4v) is 2.68. The summed E-state index contributed by atoms with van der Waals surface area (Å²) in [7, 11) is 0. The van der Waals surface area contributed by atoms with Crippen LogP contribution >= 0.6 is 0 Å². The van der Waals surface area contributed by atoms with Crippen molar-refractivity contribution >= 4 is 5.91 Å². The van der Waals surface area contributed by atoms with E-state index in [2.05, 4.69) is 5.32 Å². The van der Waals surface area contributed by atoms with Crippen molar-refractivity contribution < 1.29 is 9.90 Å². The molecule has 1 aliphatic rings. The van der Waals surface area contributed by atoms with Crippen LogP contribution in [0.4, 0.5) is 0 Å². The van der Waals surface area contributed by atoms with Crippen LogP contribution in [-0.4, -0.2) is 30.7 Å². The van der Waals surface area contributed by atoms with E-state index in [1.807, 2.05) is 6.92 Å². The standard InChI is InChI=1S/C14H28N2O2/c1-12(10-17)6-5-9-16-13(18)14(11-15)7-3-2-4-8-14/h12,17H,2-11,15H2,1H3,(H,16,18). The third kappa shape index (κ3) is 4.25. The number of amides is 1. The van der Waals surface area contributed by atoms with Gasteiger partial charge in [-0.05, 0) is 31.6 Å². The topological polar surface area (TPSA) is 75.3 Å². The average molecular weight is 256 g/mol. The van der Waals surface area contributed by atoms with Crippen molar-refractivity contribution in [3.8, 4) is 0 Å². The third-order valence-electron chi connectivity index (χ3n) is 4.15. The zero-order chi connectivity index (χ0) is 13.4. The van der Waals surface area contributed by atoms with Gasteiger partial charge >= 0.3 is 0 Å². The Morgan fingerprint density at radius 1 is 1.39 bits per heavy atom. The van der Waals surface area contributed by atoms with Gasteiger partial charge < -0.3 is 16.2 Å². The first kappa shape index (κ1) is 15.4. The van der Waals surface area contributed by atoms with Gasteiger partial charge in [-0.25, -0.2) is 0 Å². The lowest BCUT2D eigenvalue weighted by Crippen LogP contribution is -2.47. The molecule has 1 atom stereocenters. The van der Waals surface area contributed by atoms with E-state index in [0.29, 0.717) is 19.0 Å². The average Bonchev–Trinajstić information content (AvgIpc) is 2.43. The van der Waals surface area contributed by atoms with E-state index in [1.54, 1.807) is 0 Å². The van der Waals surface area contributed by atoms with E-state index in [0.717, 1.165) is 38.5 Å². The number of aliphatic hydroxyl groups excluding tert-OH is 1. The number of hydrogen-bond donors (Lipinski definition) is 3. The van der Waals surface area contributed by atoms with Gasteiger partial charge in [0.15, 0.2) is 0 Å². The number of nitrogens with one attached hydrogen (secondary N) is 1. The summed E-state index contributed by atoms with van der Waals surface area (Å²) in [4.78, 5) is 12.2. The van der Waals surface area contributed by atoms with E-state index < -0.39 is 0 Å². The maximum Gasteiger partial charge on any atom is 0.227 e. The van der Waals surface area contributed by atoms with Gasteiger partial charge in [-0.15, -0.1) is 0 Å². The molecular weight excluding hydrogens is 228 g/mol. The van der Waals surface area contributed by atoms with Crippen LogP contribution in [-0.2, 0) is 4.79 Å². The second-order valence-electron chi connectivity index (χ2n) is 5.73. The zero-order valence-electron chi connectivity index (χ0n) is 11.6. The Bertz CT molecular complexity index is 250. The van der Waals surface area contributed by atoms with Crippen molar-refractivity contribution in [2.75, 3.05) is 19.7 Å². The molecule has 0 spiro atoms. The lowest BCUT2D eigenvalue weighted by molar-refractivity contribution is -0.132. The molecule has 0 aromatic heterocycles. The number of carbonyl (C=O) groups is 1. The molecule has 1 aliphatic carbocycles. The molecule has 0 heterocycles. The molecule has 1 rings (SSSR count). The minimum atomic E-state index is -0.305. The molecule has 4 N–H and O–H groups in total. The molecule has 1 fully saturated rings. The molecule has 1 amide bonds. The summed E-state index contributed by atoms with van der Waals surface area (Å²) in [5, 5.41) is 11.9. The van der Waals surface area contributed by atoms with Crippen molar-refractivity contribution in [2.45, 2.75) is 51.9 Å². The van der Waals surface area contributed by atoms with E-state index in [-0.39, 0.29) is 17.9 Å². The van der Waals surface area contributed by atoms with Gasteiger partial charge in [-0.1, -0.05) is 26.2 Å². The molecule has 0 bridgehead atoms. The fraction of sp³-hybridized carbons (Fsp3) is 0.929. The van der Waals surface area contributed by atoms with E-state index in [1.165, 1.54) is 6.42 Å². The minimum Gasteiger partial charge on any atom is -0.396 e. The van der Waals surface area contributed by atoms with Crippen molar-refractivity contribution in [1.82, 2.24) is 5.32 Å². The first-order valence-electron chi connectivity index (χ1n) is 7.24. The Morgan fingerprint density at radius 3 is 2.61 bits per heavy atom. The summed E-state index contributed by atoms with van der Waals surface area (Å²) in [5.74, 6) is 0.460. The molecule has 0 aromatic rings. The zero-order valence-corrected chi connectivity index (χ0v) is 11.6. The number of rotatable bonds is 7. The molecule has 0 saturated heterocycles. The summed E-state index contributed by atoms with van der Waals surface area (Å²) in [6.45, 7) is 3.40. The molecule has 0 radical (unpaired) electrons. The van der Waals surface area contributed by atoms with Crippen LogP contribution in [0.5, 0.6) is 0 Å². The SMILES string of the molecule is CC(CO)CCCNC(=O)C1(CN)CCCCC1. The maximum absolute atomic E-state index is 12.2. The molecule has 18 heavy (non-hydrogen) atoms. The smallest absolute Gasteiger partial charge is 0.227 e. The van der Waals surface area contributed by atoms with Crippen molar-refractivity contribution in [3.63, 3.8) is 0 Å². The highest BCUT2D eigenvalue weighted by Gasteiger charge is 2.37. The Labute approximate surface area is 110 Å². The first-order valence-corrected chi connectivity index (χ1v) is 7.24. The first-order chi connectivity index (χ1) is 8.64. The number of nitrogens with two attached hydrogens (primary N) is 1. The van der Waals surface area contributed by atoms with E-state index in [9.17, 15) is 4.79 Å². The number of hydrogen-bond acceptors (Lipinski definition) is 3. The van der Waals surface area contributed by atoms with Crippen molar-refractivity contribution in [3.05, 3.63) is 0 Å². The molecule has 0 aliphatic heterocycles. The predicted octanol–water partition coefficient (Wildman–Crippen LogP) is 1.42. The highest BCUT2D eigenvalue weighted by Crippen LogP contribution is 2.35. The van der Waals surface area contributed by atoms with Crippen LogP contribution in [0.15, 0.2) is 0 Å². The Kier molecular flexibility index (Phi) is 6.65. The summed E-state index contributed by atoms with van der Waals surface area (Å²) in [6, 6.07) is 0.